The van der Waals surface area contributed by atoms with Gasteiger partial charge in [-0.2, -0.15) is 17.5 Å². The highest BCUT2D eigenvalue weighted by Gasteiger charge is 2.40. The highest BCUT2D eigenvalue weighted by atomic mass is 32.2. The van der Waals surface area contributed by atoms with Gasteiger partial charge >= 0.3 is 6.18 Å². The highest BCUT2D eigenvalue weighted by molar-refractivity contribution is 7.89. The van der Waals surface area contributed by atoms with E-state index in [4.69, 9.17) is 0 Å². The third-order valence-electron chi connectivity index (χ3n) is 5.44. The Morgan fingerprint density at radius 2 is 1.73 bits per heavy atom. The largest absolute Gasteiger partial charge is 0.417 e. The number of benzene rings is 1. The van der Waals surface area contributed by atoms with Gasteiger partial charge in [0, 0.05) is 25.0 Å². The van der Waals surface area contributed by atoms with E-state index in [2.05, 4.69) is 19.2 Å². The summed E-state index contributed by atoms with van der Waals surface area (Å²) in [6.45, 7) is 6.30. The number of nitrogens with zero attached hydrogens (tertiary/aromatic N) is 1. The molecule has 1 saturated heterocycles. The minimum atomic E-state index is -4.76. The molecule has 170 valence electrons. The van der Waals surface area contributed by atoms with Gasteiger partial charge in [0.15, 0.2) is 0 Å². The van der Waals surface area contributed by atoms with Gasteiger partial charge in [-0.1, -0.05) is 38.8 Å². The molecule has 1 amide bonds. The van der Waals surface area contributed by atoms with E-state index >= 15 is 0 Å². The van der Waals surface area contributed by atoms with Gasteiger partial charge in [-0.05, 0) is 44.2 Å². The molecular formula is C21H31F3N2O3S. The molecule has 1 atom stereocenters. The van der Waals surface area contributed by atoms with Gasteiger partial charge in [0.25, 0.3) is 0 Å². The van der Waals surface area contributed by atoms with E-state index < -0.39 is 26.7 Å². The molecule has 0 radical (unpaired) electrons. The number of hydrogen-bond donors (Lipinski definition) is 1. The Balaban J connectivity index is 1.96. The van der Waals surface area contributed by atoms with Gasteiger partial charge in [0.1, 0.15) is 0 Å². The van der Waals surface area contributed by atoms with Crippen molar-refractivity contribution >= 4 is 15.9 Å². The fraction of sp³-hybridized carbons (Fsp3) is 0.667. The molecule has 30 heavy (non-hydrogen) atoms. The monoisotopic (exact) mass is 448 g/mol. The van der Waals surface area contributed by atoms with E-state index in [1.807, 2.05) is 6.92 Å². The lowest BCUT2D eigenvalue weighted by Gasteiger charge is -2.31. The predicted octanol–water partition coefficient (Wildman–Crippen LogP) is 4.44. The average molecular weight is 449 g/mol. The summed E-state index contributed by atoms with van der Waals surface area (Å²) >= 11 is 0. The molecule has 1 aliphatic rings. The first-order chi connectivity index (χ1) is 13.9. The number of nitrogens with one attached hydrogen (secondary N) is 1. The van der Waals surface area contributed by atoms with Crippen LogP contribution >= 0.6 is 0 Å². The first-order valence-corrected chi connectivity index (χ1v) is 11.8. The zero-order chi connectivity index (χ0) is 22.5. The van der Waals surface area contributed by atoms with E-state index in [9.17, 15) is 26.4 Å². The Labute approximate surface area is 177 Å². The lowest BCUT2D eigenvalue weighted by molar-refractivity contribution is -0.139. The van der Waals surface area contributed by atoms with Crippen molar-refractivity contribution in [3.63, 3.8) is 0 Å². The molecule has 1 N–H and O–H groups in total. The number of sulfonamides is 1. The van der Waals surface area contributed by atoms with Crippen LogP contribution in [0.5, 0.6) is 0 Å². The lowest BCUT2D eigenvalue weighted by atomic mass is 9.96. The number of rotatable bonds is 8. The van der Waals surface area contributed by atoms with Crippen molar-refractivity contribution < 1.29 is 26.4 Å². The maximum absolute atomic E-state index is 13.2. The van der Waals surface area contributed by atoms with Crippen LogP contribution in [0.4, 0.5) is 13.2 Å². The first kappa shape index (κ1) is 24.7. The Morgan fingerprint density at radius 1 is 1.13 bits per heavy atom. The minimum absolute atomic E-state index is 0.0222. The molecule has 1 aromatic rings. The van der Waals surface area contributed by atoms with Crippen molar-refractivity contribution in [2.45, 2.75) is 70.0 Å². The molecule has 1 fully saturated rings. The number of carbonyl (C=O) groups is 1. The first-order valence-electron chi connectivity index (χ1n) is 10.4. The van der Waals surface area contributed by atoms with Crippen molar-refractivity contribution in [1.29, 1.82) is 0 Å². The fourth-order valence-electron chi connectivity index (χ4n) is 3.69. The molecule has 1 unspecified atom stereocenters. The summed E-state index contributed by atoms with van der Waals surface area (Å²) in [6.07, 6.45) is -1.18. The van der Waals surface area contributed by atoms with Crippen LogP contribution in [0.1, 0.15) is 58.4 Å². The molecular weight excluding hydrogens is 417 g/mol. The van der Waals surface area contributed by atoms with Crippen LogP contribution in [-0.4, -0.2) is 37.8 Å². The Bertz CT molecular complexity index is 817. The molecule has 9 heteroatoms. The summed E-state index contributed by atoms with van der Waals surface area (Å²) in [7, 11) is -4.29. The SMILES string of the molecule is CC(C)CCCC(C)NC(=O)C1CCN(S(=O)(=O)c2ccccc2C(F)(F)F)CC1. The molecule has 0 bridgehead atoms. The van der Waals surface area contributed by atoms with Gasteiger partial charge in [-0.25, -0.2) is 8.42 Å². The Hall–Kier alpha value is -1.61. The van der Waals surface area contributed by atoms with Gasteiger partial charge in [0.2, 0.25) is 15.9 Å². The summed E-state index contributed by atoms with van der Waals surface area (Å²) < 4.78 is 66.4. The Kier molecular flexibility index (Phi) is 8.33. The van der Waals surface area contributed by atoms with Crippen LogP contribution in [0, 0.1) is 11.8 Å². The number of carbonyl (C=O) groups excluding carboxylic acids is 1. The number of hydrogen-bond acceptors (Lipinski definition) is 3. The van der Waals surface area contributed by atoms with E-state index in [-0.39, 0.29) is 43.8 Å². The van der Waals surface area contributed by atoms with Gasteiger partial charge < -0.3 is 5.32 Å². The molecule has 1 aliphatic heterocycles. The average Bonchev–Trinajstić information content (AvgIpc) is 2.67. The van der Waals surface area contributed by atoms with Gasteiger partial charge in [-0.3, -0.25) is 4.79 Å². The van der Waals surface area contributed by atoms with Crippen molar-refractivity contribution in [1.82, 2.24) is 9.62 Å². The number of halogens is 3. The number of alkyl halides is 3. The maximum atomic E-state index is 13.2. The third kappa shape index (κ3) is 6.44. The van der Waals surface area contributed by atoms with Gasteiger partial charge in [0.05, 0.1) is 10.5 Å². The summed E-state index contributed by atoms with van der Waals surface area (Å²) in [5.41, 5.74) is -1.17. The quantitative estimate of drug-likeness (QED) is 0.640. The van der Waals surface area contributed by atoms with E-state index in [1.165, 1.54) is 12.1 Å². The minimum Gasteiger partial charge on any atom is -0.353 e. The molecule has 0 aromatic heterocycles. The zero-order valence-corrected chi connectivity index (χ0v) is 18.5. The lowest BCUT2D eigenvalue weighted by Crippen LogP contribution is -2.45. The molecule has 0 aliphatic carbocycles. The summed E-state index contributed by atoms with van der Waals surface area (Å²) in [5.74, 6) is 0.170. The van der Waals surface area contributed by atoms with Crippen LogP contribution in [0.25, 0.3) is 0 Å². The predicted molar refractivity (Wildman–Crippen MR) is 109 cm³/mol. The second-order valence-electron chi connectivity index (χ2n) is 8.41. The molecule has 1 aromatic carbocycles. The second kappa shape index (κ2) is 10.1. The van der Waals surface area contributed by atoms with E-state index in [0.29, 0.717) is 5.92 Å². The number of amides is 1. The maximum Gasteiger partial charge on any atom is 0.417 e. The van der Waals surface area contributed by atoms with Crippen LogP contribution in [0.2, 0.25) is 0 Å². The molecule has 5 nitrogen and oxygen atoms in total. The Morgan fingerprint density at radius 3 is 2.30 bits per heavy atom. The van der Waals surface area contributed by atoms with Crippen LogP contribution in [0.15, 0.2) is 29.2 Å². The van der Waals surface area contributed by atoms with Crippen molar-refractivity contribution in [2.75, 3.05) is 13.1 Å². The van der Waals surface area contributed by atoms with Crippen LogP contribution in [-0.2, 0) is 21.0 Å². The smallest absolute Gasteiger partial charge is 0.353 e. The molecule has 0 saturated carbocycles. The molecule has 1 heterocycles. The molecule has 2 rings (SSSR count). The fourth-order valence-corrected chi connectivity index (χ4v) is 5.37. The zero-order valence-electron chi connectivity index (χ0n) is 17.7. The van der Waals surface area contributed by atoms with Crippen molar-refractivity contribution in [2.24, 2.45) is 11.8 Å². The summed E-state index contributed by atoms with van der Waals surface area (Å²) in [4.78, 5) is 11.8. The number of piperidine rings is 1. The third-order valence-corrected chi connectivity index (χ3v) is 7.40. The molecule has 0 spiro atoms. The van der Waals surface area contributed by atoms with Crippen LogP contribution < -0.4 is 5.32 Å². The van der Waals surface area contributed by atoms with Crippen molar-refractivity contribution in [3.8, 4) is 0 Å². The normalized spacial score (nSPS) is 17.8. The van der Waals surface area contributed by atoms with Gasteiger partial charge in [-0.15, -0.1) is 0 Å². The van der Waals surface area contributed by atoms with Crippen molar-refractivity contribution in [3.05, 3.63) is 29.8 Å². The standard InChI is InChI=1S/C21H31F3N2O3S/c1-15(2)7-6-8-16(3)25-20(27)17-11-13-26(14-12-17)30(28,29)19-10-5-4-9-18(19)21(22,23)24/h4-5,9-10,15-17H,6-8,11-14H2,1-3H3,(H,25,27). The second-order valence-corrected chi connectivity index (χ2v) is 10.3. The topological polar surface area (TPSA) is 66.5 Å². The highest BCUT2D eigenvalue weighted by Crippen LogP contribution is 2.36. The van der Waals surface area contributed by atoms with E-state index in [1.54, 1.807) is 0 Å². The summed E-state index contributed by atoms with van der Waals surface area (Å²) in [5, 5.41) is 2.98. The van der Waals surface area contributed by atoms with E-state index in [0.717, 1.165) is 35.7 Å². The van der Waals surface area contributed by atoms with Crippen LogP contribution in [0.3, 0.4) is 0 Å². The summed E-state index contributed by atoms with van der Waals surface area (Å²) in [6, 6.07) is 4.24.